The molecule has 0 atom stereocenters. The van der Waals surface area contributed by atoms with Crippen LogP contribution in [0, 0.1) is 0 Å². The van der Waals surface area contributed by atoms with Gasteiger partial charge in [-0.25, -0.2) is 5.01 Å². The molecule has 0 spiro atoms. The van der Waals surface area contributed by atoms with E-state index in [1.165, 1.54) is 6.07 Å². The summed E-state index contributed by atoms with van der Waals surface area (Å²) in [7, 11) is 2.06. The Balaban J connectivity index is 1.99. The quantitative estimate of drug-likeness (QED) is 0.857. The number of piperazine rings is 1. The minimum Gasteiger partial charge on any atom is -0.507 e. The van der Waals surface area contributed by atoms with Gasteiger partial charge in [0.25, 0.3) is 5.91 Å². The van der Waals surface area contributed by atoms with Gasteiger partial charge in [-0.05, 0) is 25.2 Å². The minimum atomic E-state index is -0.274. The number of amides is 1. The van der Waals surface area contributed by atoms with Crippen LogP contribution in [0.25, 0.3) is 0 Å². The van der Waals surface area contributed by atoms with Crippen molar-refractivity contribution in [2.24, 2.45) is 0 Å². The van der Waals surface area contributed by atoms with E-state index in [4.69, 9.17) is 0 Å². The van der Waals surface area contributed by atoms with Gasteiger partial charge < -0.3 is 10.0 Å². The molecule has 0 saturated carbocycles. The maximum Gasteiger partial charge on any atom is 0.269 e. The van der Waals surface area contributed by atoms with Crippen LogP contribution in [0.2, 0.25) is 0 Å². The SMILES string of the molecule is CN1CCN(NC(=O)c2ccc(Br)cc2O)CC1. The van der Waals surface area contributed by atoms with Crippen molar-refractivity contribution in [3.8, 4) is 5.75 Å². The normalized spacial score (nSPS) is 17.7. The van der Waals surface area contributed by atoms with Crippen LogP contribution < -0.4 is 5.43 Å². The molecule has 1 saturated heterocycles. The van der Waals surface area contributed by atoms with Crippen molar-refractivity contribution in [3.63, 3.8) is 0 Å². The van der Waals surface area contributed by atoms with E-state index in [1.807, 2.05) is 5.01 Å². The number of phenols is 1. The molecule has 0 aliphatic carbocycles. The van der Waals surface area contributed by atoms with Gasteiger partial charge in [0.05, 0.1) is 5.56 Å². The molecule has 2 N–H and O–H groups in total. The molecular formula is C12H16BrN3O2. The third-order valence-corrected chi connectivity index (χ3v) is 3.46. The minimum absolute atomic E-state index is 0.0176. The van der Waals surface area contributed by atoms with Gasteiger partial charge in [-0.1, -0.05) is 15.9 Å². The number of hydrazine groups is 1. The fourth-order valence-electron chi connectivity index (χ4n) is 1.82. The van der Waals surface area contributed by atoms with Gasteiger partial charge in [-0.15, -0.1) is 0 Å². The van der Waals surface area contributed by atoms with Gasteiger partial charge in [0.15, 0.2) is 0 Å². The summed E-state index contributed by atoms with van der Waals surface area (Å²) in [5.41, 5.74) is 3.10. The highest BCUT2D eigenvalue weighted by Crippen LogP contribution is 2.22. The third kappa shape index (κ3) is 3.22. The van der Waals surface area contributed by atoms with Crippen LogP contribution in [0.1, 0.15) is 10.4 Å². The summed E-state index contributed by atoms with van der Waals surface area (Å²) < 4.78 is 0.746. The zero-order chi connectivity index (χ0) is 13.1. The average Bonchev–Trinajstić information content (AvgIpc) is 2.32. The lowest BCUT2D eigenvalue weighted by Gasteiger charge is -2.32. The van der Waals surface area contributed by atoms with Crippen molar-refractivity contribution in [2.75, 3.05) is 33.2 Å². The van der Waals surface area contributed by atoms with E-state index in [1.54, 1.807) is 12.1 Å². The topological polar surface area (TPSA) is 55.8 Å². The molecule has 0 bridgehead atoms. The number of nitrogens with zero attached hydrogens (tertiary/aromatic N) is 2. The molecule has 0 unspecified atom stereocenters. The van der Waals surface area contributed by atoms with Crippen LogP contribution in [-0.4, -0.2) is 54.1 Å². The summed E-state index contributed by atoms with van der Waals surface area (Å²) in [6, 6.07) is 4.85. The van der Waals surface area contributed by atoms with Crippen molar-refractivity contribution < 1.29 is 9.90 Å². The molecule has 1 amide bonds. The summed E-state index contributed by atoms with van der Waals surface area (Å²) in [6.45, 7) is 3.43. The third-order valence-electron chi connectivity index (χ3n) is 2.97. The number of halogens is 1. The predicted octanol–water partition coefficient (Wildman–Crippen LogP) is 1.05. The van der Waals surface area contributed by atoms with E-state index in [9.17, 15) is 9.90 Å². The number of aromatic hydroxyl groups is 1. The number of rotatable bonds is 2. The summed E-state index contributed by atoms with van der Waals surface area (Å²) in [5.74, 6) is -0.291. The van der Waals surface area contributed by atoms with Gasteiger partial charge >= 0.3 is 0 Å². The summed E-state index contributed by atoms with van der Waals surface area (Å²) in [6.07, 6.45) is 0. The zero-order valence-corrected chi connectivity index (χ0v) is 11.8. The largest absolute Gasteiger partial charge is 0.507 e. The fraction of sp³-hybridized carbons (Fsp3) is 0.417. The Kier molecular flexibility index (Phi) is 4.21. The number of likely N-dealkylation sites (N-methyl/N-ethyl adjacent to an activating group) is 1. The van der Waals surface area contributed by atoms with Gasteiger partial charge in [-0.2, -0.15) is 0 Å². The molecule has 2 rings (SSSR count). The lowest BCUT2D eigenvalue weighted by Crippen LogP contribution is -2.52. The summed E-state index contributed by atoms with van der Waals surface area (Å²) >= 11 is 3.24. The Labute approximate surface area is 114 Å². The summed E-state index contributed by atoms with van der Waals surface area (Å²) in [5, 5.41) is 11.6. The number of hydrogen-bond donors (Lipinski definition) is 2. The molecule has 5 nitrogen and oxygen atoms in total. The Hall–Kier alpha value is -1.11. The molecule has 18 heavy (non-hydrogen) atoms. The first-order valence-electron chi connectivity index (χ1n) is 5.79. The second-order valence-electron chi connectivity index (χ2n) is 4.39. The van der Waals surface area contributed by atoms with Crippen molar-refractivity contribution in [1.82, 2.24) is 15.3 Å². The molecule has 0 aromatic heterocycles. The zero-order valence-electron chi connectivity index (χ0n) is 10.2. The second-order valence-corrected chi connectivity index (χ2v) is 5.31. The number of phenolic OH excluding ortho intramolecular Hbond substituents is 1. The van der Waals surface area contributed by atoms with Crippen molar-refractivity contribution >= 4 is 21.8 Å². The standard InChI is InChI=1S/C12H16BrN3O2/c1-15-4-6-16(7-5-15)14-12(18)10-3-2-9(13)8-11(10)17/h2-3,8,17H,4-7H2,1H3,(H,14,18). The Morgan fingerprint density at radius 2 is 2.00 bits per heavy atom. The number of hydrogen-bond acceptors (Lipinski definition) is 4. The predicted molar refractivity (Wildman–Crippen MR) is 72.3 cm³/mol. The number of nitrogens with one attached hydrogen (secondary N) is 1. The first kappa shape index (κ1) is 13.3. The van der Waals surface area contributed by atoms with E-state index >= 15 is 0 Å². The van der Waals surface area contributed by atoms with E-state index in [0.29, 0.717) is 0 Å². The van der Waals surface area contributed by atoms with E-state index in [2.05, 4.69) is 33.3 Å². The molecular weight excluding hydrogens is 298 g/mol. The van der Waals surface area contributed by atoms with Crippen LogP contribution in [0.15, 0.2) is 22.7 Å². The molecule has 1 aliphatic rings. The second kappa shape index (κ2) is 5.69. The molecule has 1 aromatic carbocycles. The lowest BCUT2D eigenvalue weighted by atomic mass is 10.2. The van der Waals surface area contributed by atoms with Gasteiger partial charge in [0, 0.05) is 30.7 Å². The van der Waals surface area contributed by atoms with E-state index in [-0.39, 0.29) is 17.2 Å². The van der Waals surface area contributed by atoms with Gasteiger partial charge in [-0.3, -0.25) is 10.2 Å². The van der Waals surface area contributed by atoms with Crippen molar-refractivity contribution in [2.45, 2.75) is 0 Å². The van der Waals surface area contributed by atoms with Gasteiger partial charge in [0.2, 0.25) is 0 Å². The van der Waals surface area contributed by atoms with E-state index in [0.717, 1.165) is 30.7 Å². The molecule has 1 heterocycles. The molecule has 1 aliphatic heterocycles. The number of carbonyl (C=O) groups excluding carboxylic acids is 1. The van der Waals surface area contributed by atoms with Crippen LogP contribution in [0.3, 0.4) is 0 Å². The van der Waals surface area contributed by atoms with E-state index < -0.39 is 0 Å². The highest BCUT2D eigenvalue weighted by Gasteiger charge is 2.18. The van der Waals surface area contributed by atoms with Crippen LogP contribution in [-0.2, 0) is 0 Å². The highest BCUT2D eigenvalue weighted by molar-refractivity contribution is 9.10. The van der Waals surface area contributed by atoms with Gasteiger partial charge in [0.1, 0.15) is 5.75 Å². The van der Waals surface area contributed by atoms with Crippen molar-refractivity contribution in [3.05, 3.63) is 28.2 Å². The highest BCUT2D eigenvalue weighted by atomic mass is 79.9. The lowest BCUT2D eigenvalue weighted by molar-refractivity contribution is 0.0660. The van der Waals surface area contributed by atoms with Crippen LogP contribution >= 0.6 is 15.9 Å². The average molecular weight is 314 g/mol. The molecule has 1 fully saturated rings. The Bertz CT molecular complexity index is 445. The molecule has 1 aromatic rings. The monoisotopic (exact) mass is 313 g/mol. The van der Waals surface area contributed by atoms with Crippen LogP contribution in [0.4, 0.5) is 0 Å². The number of carbonyl (C=O) groups is 1. The summed E-state index contributed by atoms with van der Waals surface area (Å²) in [4.78, 5) is 14.2. The smallest absolute Gasteiger partial charge is 0.269 e. The first-order valence-corrected chi connectivity index (χ1v) is 6.58. The molecule has 6 heteroatoms. The Morgan fingerprint density at radius 3 is 2.61 bits per heavy atom. The first-order chi connectivity index (χ1) is 8.56. The number of benzene rings is 1. The maximum absolute atomic E-state index is 12.0. The van der Waals surface area contributed by atoms with Crippen molar-refractivity contribution in [1.29, 1.82) is 0 Å². The Morgan fingerprint density at radius 1 is 1.33 bits per heavy atom. The fourth-order valence-corrected chi connectivity index (χ4v) is 2.17. The molecule has 98 valence electrons. The maximum atomic E-state index is 12.0. The van der Waals surface area contributed by atoms with Crippen LogP contribution in [0.5, 0.6) is 5.75 Å². The molecule has 0 radical (unpaired) electrons.